The van der Waals surface area contributed by atoms with Gasteiger partial charge >= 0.3 is 0 Å². The molecule has 0 saturated heterocycles. The van der Waals surface area contributed by atoms with Crippen LogP contribution in [0.15, 0.2) is 182 Å². The van der Waals surface area contributed by atoms with Gasteiger partial charge in [0.1, 0.15) is 6.17 Å². The maximum absolute atomic E-state index is 4.80. The first-order valence-corrected chi connectivity index (χ1v) is 18.2. The maximum Gasteiger partial charge on any atom is 0.128 e. The van der Waals surface area contributed by atoms with Crippen LogP contribution in [-0.4, -0.2) is 10.7 Å². The zero-order valence-corrected chi connectivity index (χ0v) is 28.8. The van der Waals surface area contributed by atoms with Gasteiger partial charge in [0, 0.05) is 33.9 Å². The summed E-state index contributed by atoms with van der Waals surface area (Å²) in [7, 11) is 0. The van der Waals surface area contributed by atoms with Gasteiger partial charge in [-0.3, -0.25) is 0 Å². The average Bonchev–Trinajstić information content (AvgIpc) is 3.55. The number of fused-ring (bicyclic) bond motifs is 6. The van der Waals surface area contributed by atoms with Crippen LogP contribution in [0.2, 0.25) is 0 Å². The Balaban J connectivity index is 1.18. The summed E-state index contributed by atoms with van der Waals surface area (Å²) >= 11 is 0. The summed E-state index contributed by atoms with van der Waals surface area (Å²) in [4.78, 5) is 2.43. The fraction of sp³-hybridized carbons (Fsp3) is 0.0833. The molecule has 0 radical (unpaired) electrons. The van der Waals surface area contributed by atoms with E-state index in [0.717, 1.165) is 40.9 Å². The zero-order valence-electron chi connectivity index (χ0n) is 28.8. The molecule has 3 aliphatic rings. The van der Waals surface area contributed by atoms with E-state index in [-0.39, 0.29) is 12.2 Å². The van der Waals surface area contributed by atoms with Crippen LogP contribution in [0.4, 0.5) is 5.69 Å². The van der Waals surface area contributed by atoms with Crippen LogP contribution in [0.25, 0.3) is 50.3 Å². The molecule has 250 valence electrons. The van der Waals surface area contributed by atoms with Gasteiger partial charge in [-0.1, -0.05) is 128 Å². The van der Waals surface area contributed by atoms with Gasteiger partial charge in [0.15, 0.2) is 0 Å². The number of hydrogen-bond acceptors (Lipinski definition) is 3. The third-order valence-corrected chi connectivity index (χ3v) is 10.9. The van der Waals surface area contributed by atoms with Gasteiger partial charge in [-0.2, -0.15) is 0 Å². The molecule has 52 heavy (non-hydrogen) atoms. The highest BCUT2D eigenvalue weighted by Gasteiger charge is 2.35. The van der Waals surface area contributed by atoms with Crippen molar-refractivity contribution in [3.63, 3.8) is 0 Å². The van der Waals surface area contributed by atoms with E-state index >= 15 is 0 Å². The smallest absolute Gasteiger partial charge is 0.128 e. The molecular weight excluding hydrogens is 633 g/mol. The molecular formula is C48H38N4. The molecule has 3 heterocycles. The van der Waals surface area contributed by atoms with E-state index in [9.17, 15) is 0 Å². The summed E-state index contributed by atoms with van der Waals surface area (Å²) in [6.45, 7) is 4.80. The molecule has 4 nitrogen and oxygen atoms in total. The molecule has 0 saturated carbocycles. The number of aromatic nitrogens is 1. The van der Waals surface area contributed by atoms with E-state index in [2.05, 4.69) is 190 Å². The van der Waals surface area contributed by atoms with Crippen LogP contribution in [-0.2, 0) is 0 Å². The fourth-order valence-electron chi connectivity index (χ4n) is 8.45. The van der Waals surface area contributed by atoms with Crippen LogP contribution in [0.1, 0.15) is 41.1 Å². The molecule has 2 aliphatic heterocycles. The number of nitrogens with one attached hydrogen (secondary N) is 2. The summed E-state index contributed by atoms with van der Waals surface area (Å²) < 4.78 is 2.42. The Morgan fingerprint density at radius 1 is 0.635 bits per heavy atom. The minimum Gasteiger partial charge on any atom is -0.373 e. The van der Waals surface area contributed by atoms with E-state index in [1.54, 1.807) is 0 Å². The molecule has 2 atom stereocenters. The highest BCUT2D eigenvalue weighted by molar-refractivity contribution is 6.15. The molecule has 0 fully saturated rings. The summed E-state index contributed by atoms with van der Waals surface area (Å²) in [6, 6.07) is 52.4. The summed E-state index contributed by atoms with van der Waals surface area (Å²) in [5.41, 5.74) is 15.2. The molecule has 10 rings (SSSR count). The summed E-state index contributed by atoms with van der Waals surface area (Å²) in [5.74, 6) is 0. The van der Waals surface area contributed by atoms with Crippen LogP contribution in [0, 0.1) is 0 Å². The Hall–Kier alpha value is -6.52. The zero-order chi connectivity index (χ0) is 34.6. The number of nitrogens with zero attached hydrogens (tertiary/aromatic N) is 2. The van der Waals surface area contributed by atoms with Crippen molar-refractivity contribution in [2.75, 3.05) is 4.90 Å². The number of rotatable bonds is 4. The fourth-order valence-corrected chi connectivity index (χ4v) is 8.45. The van der Waals surface area contributed by atoms with Crippen molar-refractivity contribution < 1.29 is 0 Å². The van der Waals surface area contributed by atoms with Crippen molar-refractivity contribution in [2.45, 2.75) is 25.0 Å². The van der Waals surface area contributed by atoms with Crippen molar-refractivity contribution in [3.05, 3.63) is 204 Å². The predicted octanol–water partition coefficient (Wildman–Crippen LogP) is 11.1. The number of benzene rings is 6. The van der Waals surface area contributed by atoms with Crippen LogP contribution in [0.5, 0.6) is 0 Å². The van der Waals surface area contributed by atoms with Crippen molar-refractivity contribution in [1.82, 2.24) is 15.2 Å². The van der Waals surface area contributed by atoms with Crippen molar-refractivity contribution >= 4 is 39.1 Å². The van der Waals surface area contributed by atoms with Gasteiger partial charge in [-0.25, -0.2) is 0 Å². The van der Waals surface area contributed by atoms with Crippen LogP contribution >= 0.6 is 0 Å². The third-order valence-electron chi connectivity index (χ3n) is 10.9. The van der Waals surface area contributed by atoms with E-state index in [1.807, 2.05) is 0 Å². The molecule has 0 bridgehead atoms. The number of allylic oxidation sites excluding steroid dienone is 3. The highest BCUT2D eigenvalue weighted by atomic mass is 15.3. The quantitative estimate of drug-likeness (QED) is 0.195. The molecule has 6 aromatic carbocycles. The van der Waals surface area contributed by atoms with Gasteiger partial charge in [0.2, 0.25) is 0 Å². The lowest BCUT2D eigenvalue weighted by Crippen LogP contribution is -2.55. The normalized spacial score (nSPS) is 18.5. The Kier molecular flexibility index (Phi) is 7.21. The second kappa shape index (κ2) is 12.4. The monoisotopic (exact) mass is 670 g/mol. The first-order chi connectivity index (χ1) is 25.7. The lowest BCUT2D eigenvalue weighted by atomic mass is 9.89. The van der Waals surface area contributed by atoms with Crippen molar-refractivity contribution in [1.29, 1.82) is 0 Å². The van der Waals surface area contributed by atoms with Gasteiger partial charge in [-0.05, 0) is 88.7 Å². The summed E-state index contributed by atoms with van der Waals surface area (Å²) in [5, 5.41) is 10.4. The van der Waals surface area contributed by atoms with Crippen molar-refractivity contribution in [3.8, 4) is 16.8 Å². The number of hydrogen-bond donors (Lipinski definition) is 2. The molecule has 0 spiro atoms. The Morgan fingerprint density at radius 3 is 2.29 bits per heavy atom. The van der Waals surface area contributed by atoms with Crippen molar-refractivity contribution in [2.24, 2.45) is 0 Å². The third kappa shape index (κ3) is 4.90. The molecule has 7 aromatic rings. The van der Waals surface area contributed by atoms with Gasteiger partial charge < -0.3 is 20.1 Å². The molecule has 2 unspecified atom stereocenters. The lowest BCUT2D eigenvalue weighted by molar-refractivity contribution is 0.390. The number of para-hydroxylation sites is 2. The van der Waals surface area contributed by atoms with E-state index in [0.29, 0.717) is 0 Å². The Bertz CT molecular complexity index is 2610. The summed E-state index contributed by atoms with van der Waals surface area (Å²) in [6.07, 6.45) is 11.0. The standard InChI is InChI=1S/C48H38N4/c1-32-37-27-28-45-46(40-22-9-13-26-44(40)52(45)36-20-14-19-35(31-36)33-15-4-2-5-16-33)39(37)29-30-51(43-25-12-8-21-38(32)43)48-47(34-17-6-3-7-18-34)49-41-23-10-11-24-42(41)50-48/h2-10,12-23,25-31,47-50H,1,11,24H2/b30-29-. The second-order valence-corrected chi connectivity index (χ2v) is 13.9. The van der Waals surface area contributed by atoms with E-state index in [4.69, 9.17) is 6.58 Å². The molecule has 4 heteroatoms. The maximum atomic E-state index is 4.80. The van der Waals surface area contributed by atoms with Crippen LogP contribution in [0.3, 0.4) is 0 Å². The van der Waals surface area contributed by atoms with E-state index in [1.165, 1.54) is 55.5 Å². The average molecular weight is 671 g/mol. The van der Waals surface area contributed by atoms with Gasteiger partial charge in [-0.15, -0.1) is 0 Å². The SMILES string of the molecule is C=C1c2ccccc2N(C2NC3=C(C=CCC3)NC2c2ccccc2)/C=C\c2c1ccc1c2c2ccccc2n1-c1cccc(-c2ccccc2)c1. The van der Waals surface area contributed by atoms with E-state index < -0.39 is 0 Å². The predicted molar refractivity (Wildman–Crippen MR) is 217 cm³/mol. The Labute approximate surface area is 304 Å². The lowest BCUT2D eigenvalue weighted by Gasteiger charge is -2.44. The number of anilines is 1. The molecule has 2 N–H and O–H groups in total. The Morgan fingerprint density at radius 2 is 1.40 bits per heavy atom. The van der Waals surface area contributed by atoms with Gasteiger partial charge in [0.05, 0.1) is 28.5 Å². The molecule has 1 aliphatic carbocycles. The van der Waals surface area contributed by atoms with Gasteiger partial charge in [0.25, 0.3) is 0 Å². The minimum atomic E-state index is -0.0827. The second-order valence-electron chi connectivity index (χ2n) is 13.9. The first-order valence-electron chi connectivity index (χ1n) is 18.2. The molecule has 0 amide bonds. The highest BCUT2D eigenvalue weighted by Crippen LogP contribution is 2.44. The first kappa shape index (κ1) is 30.3. The molecule has 1 aromatic heterocycles. The van der Waals surface area contributed by atoms with Crippen LogP contribution < -0.4 is 15.5 Å². The topological polar surface area (TPSA) is 32.2 Å². The largest absolute Gasteiger partial charge is 0.373 e. The minimum absolute atomic E-state index is 0.00200.